The van der Waals surface area contributed by atoms with Crippen LogP contribution >= 0.6 is 11.6 Å². The maximum atomic E-state index is 13.0. The van der Waals surface area contributed by atoms with Gasteiger partial charge < -0.3 is 15.0 Å². The van der Waals surface area contributed by atoms with Gasteiger partial charge in [-0.05, 0) is 37.8 Å². The fourth-order valence-electron chi connectivity index (χ4n) is 4.95. The van der Waals surface area contributed by atoms with Gasteiger partial charge in [0.25, 0.3) is 12.3 Å². The quantitative estimate of drug-likeness (QED) is 0.608. The highest BCUT2D eigenvalue weighted by Crippen LogP contribution is 2.31. The smallest absolute Gasteiger partial charge is 0.326 e. The van der Waals surface area contributed by atoms with Gasteiger partial charge in [-0.15, -0.1) is 11.6 Å². The number of para-hydroxylation sites is 1. The number of carbonyl (C=O) groups excluding carboxylic acids is 3. The zero-order chi connectivity index (χ0) is 25.4. The molecular weight excluding hydrogens is 496 g/mol. The first-order valence-electron chi connectivity index (χ1n) is 11.8. The molecule has 3 aliphatic rings. The molecule has 1 aliphatic carbocycles. The molecule has 1 N–H and O–H groups in total. The highest BCUT2D eigenvalue weighted by atomic mass is 35.5. The van der Waals surface area contributed by atoms with Crippen molar-refractivity contribution in [3.05, 3.63) is 47.9 Å². The number of hydrogen-bond acceptors (Lipinski definition) is 6. The Labute approximate surface area is 210 Å². The second-order valence-corrected chi connectivity index (χ2v) is 9.51. The highest BCUT2D eigenvalue weighted by Gasteiger charge is 2.42. The Morgan fingerprint density at radius 3 is 2.53 bits per heavy atom. The van der Waals surface area contributed by atoms with E-state index < -0.39 is 29.5 Å². The van der Waals surface area contributed by atoms with Crippen LogP contribution in [0.25, 0.3) is 0 Å². The van der Waals surface area contributed by atoms with Crippen LogP contribution in [0.3, 0.4) is 0 Å². The standard InChI is InChI=1S/C24H24ClF2N5O4/c25-19-20(33)15-3-1-2-4-17(15)36-21(19)23(34)30-13-5-7-14(8-6-13)31-9-10-32(24(31)35)18-12-28-16(11-29-18)22(26)27/h1-4,11-14,19,21-22H,5-10H2,(H,30,34)/t13?,14?,19-,21-/m0/s1. The lowest BCUT2D eigenvalue weighted by atomic mass is 9.90. The molecule has 3 heterocycles. The van der Waals surface area contributed by atoms with Crippen LogP contribution in [0.5, 0.6) is 5.75 Å². The number of amides is 3. The molecule has 3 amide bonds. The van der Waals surface area contributed by atoms with Gasteiger partial charge in [-0.2, -0.15) is 0 Å². The van der Waals surface area contributed by atoms with Gasteiger partial charge in [0, 0.05) is 25.2 Å². The number of aromatic nitrogens is 2. The predicted molar refractivity (Wildman–Crippen MR) is 125 cm³/mol. The van der Waals surface area contributed by atoms with Crippen molar-refractivity contribution in [2.75, 3.05) is 18.0 Å². The summed E-state index contributed by atoms with van der Waals surface area (Å²) in [5, 5.41) is 1.84. The zero-order valence-electron chi connectivity index (χ0n) is 19.1. The van der Waals surface area contributed by atoms with Crippen LogP contribution in [0, 0.1) is 0 Å². The number of Topliss-reactive ketones (excluding diaryl/α,β-unsaturated/α-hetero) is 1. The SMILES string of the molecule is O=C(NC1CCC(N2CCN(c3cnc(C(F)F)cn3)C2=O)CC1)[C@H]1Oc2ccccc2C(=O)[C@@H]1Cl. The normalized spacial score (nSPS) is 26.1. The minimum Gasteiger partial charge on any atom is -0.478 e. The number of anilines is 1. The summed E-state index contributed by atoms with van der Waals surface area (Å²) >= 11 is 6.26. The number of fused-ring (bicyclic) bond motifs is 1. The molecule has 2 aliphatic heterocycles. The molecule has 0 spiro atoms. The van der Waals surface area contributed by atoms with Crippen LogP contribution in [-0.4, -0.2) is 69.2 Å². The first kappa shape index (κ1) is 24.4. The van der Waals surface area contributed by atoms with Crippen LogP contribution in [0.15, 0.2) is 36.7 Å². The van der Waals surface area contributed by atoms with Gasteiger partial charge in [0.2, 0.25) is 6.10 Å². The van der Waals surface area contributed by atoms with Crippen molar-refractivity contribution in [1.82, 2.24) is 20.2 Å². The molecule has 2 fully saturated rings. The second-order valence-electron chi connectivity index (χ2n) is 9.04. The summed E-state index contributed by atoms with van der Waals surface area (Å²) < 4.78 is 31.2. The van der Waals surface area contributed by atoms with Crippen LogP contribution in [0.1, 0.15) is 48.2 Å². The van der Waals surface area contributed by atoms with Gasteiger partial charge in [0.1, 0.15) is 16.8 Å². The number of benzene rings is 1. The van der Waals surface area contributed by atoms with Crippen LogP contribution in [0.4, 0.5) is 19.4 Å². The van der Waals surface area contributed by atoms with Gasteiger partial charge >= 0.3 is 6.03 Å². The maximum Gasteiger partial charge on any atom is 0.326 e. The number of carbonyl (C=O) groups is 3. The number of rotatable bonds is 5. The molecule has 1 aromatic carbocycles. The second kappa shape index (κ2) is 9.96. The van der Waals surface area contributed by atoms with Crippen molar-refractivity contribution in [2.45, 2.75) is 55.7 Å². The average Bonchev–Trinajstić information content (AvgIpc) is 3.27. The van der Waals surface area contributed by atoms with Crippen molar-refractivity contribution >= 4 is 35.1 Å². The first-order valence-corrected chi connectivity index (χ1v) is 12.2. The molecule has 1 aromatic heterocycles. The van der Waals surface area contributed by atoms with Gasteiger partial charge in [0.15, 0.2) is 11.6 Å². The molecule has 2 aromatic rings. The zero-order valence-corrected chi connectivity index (χ0v) is 19.9. The number of hydrogen-bond donors (Lipinski definition) is 1. The summed E-state index contributed by atoms with van der Waals surface area (Å²) in [7, 11) is 0. The largest absolute Gasteiger partial charge is 0.478 e. The summed E-state index contributed by atoms with van der Waals surface area (Å²) in [5.74, 6) is -0.190. The molecule has 5 rings (SSSR count). The van der Waals surface area contributed by atoms with E-state index in [4.69, 9.17) is 16.3 Å². The number of halogens is 3. The van der Waals surface area contributed by atoms with E-state index in [9.17, 15) is 23.2 Å². The van der Waals surface area contributed by atoms with E-state index in [-0.39, 0.29) is 29.7 Å². The van der Waals surface area contributed by atoms with Gasteiger partial charge in [-0.3, -0.25) is 14.5 Å². The summed E-state index contributed by atoms with van der Waals surface area (Å²) in [6.07, 6.45) is 0.992. The molecule has 9 nitrogen and oxygen atoms in total. The maximum absolute atomic E-state index is 13.0. The van der Waals surface area contributed by atoms with Crippen molar-refractivity contribution in [1.29, 1.82) is 0 Å². The van der Waals surface area contributed by atoms with E-state index in [0.29, 0.717) is 50.1 Å². The van der Waals surface area contributed by atoms with Gasteiger partial charge in [0.05, 0.1) is 18.0 Å². The Bertz CT molecular complexity index is 1160. The molecule has 2 atom stereocenters. The average molecular weight is 520 g/mol. The topological polar surface area (TPSA) is 105 Å². The van der Waals surface area contributed by atoms with Gasteiger partial charge in [-0.25, -0.2) is 23.5 Å². The molecule has 12 heteroatoms. The van der Waals surface area contributed by atoms with Crippen LogP contribution < -0.4 is 15.0 Å². The van der Waals surface area contributed by atoms with Crippen molar-refractivity contribution < 1.29 is 27.9 Å². The fraction of sp³-hybridized carbons (Fsp3) is 0.458. The van der Waals surface area contributed by atoms with Crippen molar-refractivity contribution in [3.8, 4) is 5.75 Å². The lowest BCUT2D eigenvalue weighted by molar-refractivity contribution is -0.129. The molecule has 1 saturated heterocycles. The third kappa shape index (κ3) is 4.59. The fourth-order valence-corrected chi connectivity index (χ4v) is 5.23. The lowest BCUT2D eigenvalue weighted by Gasteiger charge is -2.35. The summed E-state index contributed by atoms with van der Waals surface area (Å²) in [5.41, 5.74) is -0.0716. The predicted octanol–water partition coefficient (Wildman–Crippen LogP) is 3.33. The number of nitrogens with one attached hydrogen (secondary N) is 1. The van der Waals surface area contributed by atoms with E-state index >= 15 is 0 Å². The molecule has 0 radical (unpaired) electrons. The minimum absolute atomic E-state index is 0.0101. The van der Waals surface area contributed by atoms with E-state index in [1.807, 2.05) is 0 Å². The number of urea groups is 1. The molecule has 1 saturated carbocycles. The van der Waals surface area contributed by atoms with Gasteiger partial charge in [-0.1, -0.05) is 12.1 Å². The number of alkyl halides is 3. The Morgan fingerprint density at radius 1 is 1.08 bits per heavy atom. The highest BCUT2D eigenvalue weighted by molar-refractivity contribution is 6.36. The molecule has 0 bridgehead atoms. The molecular formula is C24H24ClF2N5O4. The number of ether oxygens (including phenoxy) is 1. The number of ketones is 1. The Kier molecular flexibility index (Phi) is 6.74. The van der Waals surface area contributed by atoms with Crippen LogP contribution in [0.2, 0.25) is 0 Å². The summed E-state index contributed by atoms with van der Waals surface area (Å²) in [6.45, 7) is 0.883. The molecule has 0 unspecified atom stereocenters. The van der Waals surface area contributed by atoms with E-state index in [1.54, 1.807) is 29.2 Å². The third-order valence-electron chi connectivity index (χ3n) is 6.86. The Morgan fingerprint density at radius 2 is 1.83 bits per heavy atom. The first-order chi connectivity index (χ1) is 17.3. The lowest BCUT2D eigenvalue weighted by Crippen LogP contribution is -2.53. The molecule has 190 valence electrons. The van der Waals surface area contributed by atoms with E-state index in [2.05, 4.69) is 15.3 Å². The monoisotopic (exact) mass is 519 g/mol. The van der Waals surface area contributed by atoms with Crippen LogP contribution in [-0.2, 0) is 4.79 Å². The Hall–Kier alpha value is -3.34. The van der Waals surface area contributed by atoms with E-state index in [0.717, 1.165) is 6.20 Å². The van der Waals surface area contributed by atoms with Crippen molar-refractivity contribution in [2.24, 2.45) is 0 Å². The molecule has 36 heavy (non-hydrogen) atoms. The summed E-state index contributed by atoms with van der Waals surface area (Å²) in [4.78, 5) is 49.2. The van der Waals surface area contributed by atoms with Crippen molar-refractivity contribution in [3.63, 3.8) is 0 Å². The minimum atomic E-state index is -2.72. The Balaban J connectivity index is 1.15. The third-order valence-corrected chi connectivity index (χ3v) is 7.29. The number of nitrogens with zero attached hydrogens (tertiary/aromatic N) is 4. The summed E-state index contributed by atoms with van der Waals surface area (Å²) in [6, 6.07) is 6.31. The van der Waals surface area contributed by atoms with E-state index in [1.165, 1.54) is 11.1 Å².